The Kier molecular flexibility index (Phi) is 5.38. The van der Waals surface area contributed by atoms with Gasteiger partial charge in [-0.25, -0.2) is 13.6 Å². The number of anilines is 1. The van der Waals surface area contributed by atoms with E-state index in [4.69, 9.17) is 0 Å². The third kappa shape index (κ3) is 4.56. The van der Waals surface area contributed by atoms with Crippen LogP contribution in [0.2, 0.25) is 0 Å². The van der Waals surface area contributed by atoms with Crippen LogP contribution in [0.15, 0.2) is 36.4 Å². The maximum atomic E-state index is 13.0. The van der Waals surface area contributed by atoms with Gasteiger partial charge in [0.05, 0.1) is 10.5 Å². The van der Waals surface area contributed by atoms with Gasteiger partial charge in [-0.05, 0) is 31.2 Å². The van der Waals surface area contributed by atoms with Crippen molar-refractivity contribution in [3.63, 3.8) is 0 Å². The van der Waals surface area contributed by atoms with Gasteiger partial charge < -0.3 is 10.1 Å². The summed E-state index contributed by atoms with van der Waals surface area (Å²) in [7, 11) is 0. The molecule has 0 fully saturated rings. The van der Waals surface area contributed by atoms with Crippen LogP contribution in [-0.4, -0.2) is 23.4 Å². The molecule has 0 aliphatic rings. The first-order valence-electron chi connectivity index (χ1n) is 6.95. The van der Waals surface area contributed by atoms with E-state index in [1.807, 2.05) is 0 Å². The Morgan fingerprint density at radius 1 is 1.16 bits per heavy atom. The average Bonchev–Trinajstić information content (AvgIpc) is 2.56. The van der Waals surface area contributed by atoms with Gasteiger partial charge in [-0.1, -0.05) is 6.07 Å². The SMILES string of the molecule is Cc1ccc(NC(=O)COC(=O)c2ccc(F)c(F)c2)cc1[N+](=O)[O-]. The molecule has 7 nitrogen and oxygen atoms in total. The first-order valence-corrected chi connectivity index (χ1v) is 6.95. The van der Waals surface area contributed by atoms with Gasteiger partial charge in [0.2, 0.25) is 0 Å². The third-order valence-corrected chi connectivity index (χ3v) is 3.18. The highest BCUT2D eigenvalue weighted by Crippen LogP contribution is 2.22. The molecular formula is C16H12F2N2O5. The number of carbonyl (C=O) groups is 2. The number of ether oxygens (including phenoxy) is 1. The molecular weight excluding hydrogens is 338 g/mol. The normalized spacial score (nSPS) is 10.2. The van der Waals surface area contributed by atoms with E-state index in [-0.39, 0.29) is 16.9 Å². The van der Waals surface area contributed by atoms with Crippen molar-refractivity contribution in [2.45, 2.75) is 6.92 Å². The van der Waals surface area contributed by atoms with Gasteiger partial charge in [-0.15, -0.1) is 0 Å². The van der Waals surface area contributed by atoms with Gasteiger partial charge in [0, 0.05) is 17.3 Å². The van der Waals surface area contributed by atoms with Crippen LogP contribution in [0, 0.1) is 28.7 Å². The molecule has 1 N–H and O–H groups in total. The smallest absolute Gasteiger partial charge is 0.338 e. The summed E-state index contributed by atoms with van der Waals surface area (Å²) in [5.74, 6) is -4.08. The van der Waals surface area contributed by atoms with Crippen LogP contribution < -0.4 is 5.32 Å². The molecule has 0 aromatic heterocycles. The summed E-state index contributed by atoms with van der Waals surface area (Å²) >= 11 is 0. The second kappa shape index (κ2) is 7.47. The van der Waals surface area contributed by atoms with E-state index in [2.05, 4.69) is 10.1 Å². The van der Waals surface area contributed by atoms with Gasteiger partial charge in [0.15, 0.2) is 18.2 Å². The average molecular weight is 350 g/mol. The zero-order valence-corrected chi connectivity index (χ0v) is 12.9. The van der Waals surface area contributed by atoms with E-state index in [0.717, 1.165) is 12.1 Å². The van der Waals surface area contributed by atoms with Gasteiger partial charge in [-0.3, -0.25) is 14.9 Å². The van der Waals surface area contributed by atoms with Crippen LogP contribution in [0.25, 0.3) is 0 Å². The van der Waals surface area contributed by atoms with E-state index in [0.29, 0.717) is 11.6 Å². The lowest BCUT2D eigenvalue weighted by Gasteiger charge is -2.07. The quantitative estimate of drug-likeness (QED) is 0.508. The fraction of sp³-hybridized carbons (Fsp3) is 0.125. The van der Waals surface area contributed by atoms with Crippen molar-refractivity contribution in [3.05, 3.63) is 69.3 Å². The summed E-state index contributed by atoms with van der Waals surface area (Å²) in [4.78, 5) is 33.7. The Bertz CT molecular complexity index is 854. The van der Waals surface area contributed by atoms with E-state index in [1.165, 1.54) is 18.2 Å². The maximum Gasteiger partial charge on any atom is 0.338 e. The topological polar surface area (TPSA) is 98.5 Å². The van der Waals surface area contributed by atoms with Crippen molar-refractivity contribution in [2.24, 2.45) is 0 Å². The van der Waals surface area contributed by atoms with E-state index < -0.39 is 35.0 Å². The van der Waals surface area contributed by atoms with Crippen LogP contribution in [-0.2, 0) is 9.53 Å². The molecule has 0 heterocycles. The van der Waals surface area contributed by atoms with Crippen molar-refractivity contribution in [1.29, 1.82) is 0 Å². The first kappa shape index (κ1) is 18.0. The molecule has 2 aromatic carbocycles. The number of nitrogens with one attached hydrogen (secondary N) is 1. The minimum absolute atomic E-state index is 0.158. The molecule has 0 atom stereocenters. The van der Waals surface area contributed by atoms with Crippen molar-refractivity contribution >= 4 is 23.3 Å². The summed E-state index contributed by atoms with van der Waals surface area (Å²) in [6, 6.07) is 6.52. The van der Waals surface area contributed by atoms with E-state index in [1.54, 1.807) is 6.92 Å². The Balaban J connectivity index is 1.96. The summed E-state index contributed by atoms with van der Waals surface area (Å²) in [5, 5.41) is 13.2. The van der Waals surface area contributed by atoms with Crippen LogP contribution in [0.5, 0.6) is 0 Å². The summed E-state index contributed by atoms with van der Waals surface area (Å²) in [5.41, 5.74) is 0.160. The van der Waals surface area contributed by atoms with Crippen LogP contribution in [0.1, 0.15) is 15.9 Å². The molecule has 2 aromatic rings. The molecule has 0 saturated carbocycles. The van der Waals surface area contributed by atoms with Crippen molar-refractivity contribution in [1.82, 2.24) is 0 Å². The fourth-order valence-electron chi connectivity index (χ4n) is 1.92. The summed E-state index contributed by atoms with van der Waals surface area (Å²) in [6.07, 6.45) is 0. The number of amides is 1. The number of nitrogens with zero attached hydrogens (tertiary/aromatic N) is 1. The lowest BCUT2D eigenvalue weighted by atomic mass is 10.2. The highest BCUT2D eigenvalue weighted by molar-refractivity contribution is 5.95. The van der Waals surface area contributed by atoms with Gasteiger partial charge in [0.25, 0.3) is 11.6 Å². The number of carbonyl (C=O) groups excluding carboxylic acids is 2. The predicted octanol–water partition coefficient (Wildman–Crippen LogP) is 2.98. The third-order valence-electron chi connectivity index (χ3n) is 3.18. The maximum absolute atomic E-state index is 13.0. The van der Waals surface area contributed by atoms with Gasteiger partial charge in [0.1, 0.15) is 0 Å². The molecule has 2 rings (SSSR count). The molecule has 0 bridgehead atoms. The number of nitro groups is 1. The molecule has 1 amide bonds. The molecule has 0 unspecified atom stereocenters. The molecule has 130 valence electrons. The number of hydrogen-bond acceptors (Lipinski definition) is 5. The first-order chi connectivity index (χ1) is 11.8. The Morgan fingerprint density at radius 3 is 2.52 bits per heavy atom. The zero-order chi connectivity index (χ0) is 18.6. The summed E-state index contributed by atoms with van der Waals surface area (Å²) in [6.45, 7) is 0.854. The number of benzene rings is 2. The second-order valence-corrected chi connectivity index (χ2v) is 5.01. The molecule has 0 aliphatic heterocycles. The highest BCUT2D eigenvalue weighted by Gasteiger charge is 2.15. The van der Waals surface area contributed by atoms with E-state index in [9.17, 15) is 28.5 Å². The highest BCUT2D eigenvalue weighted by atomic mass is 19.2. The molecule has 0 spiro atoms. The second-order valence-electron chi connectivity index (χ2n) is 5.01. The fourth-order valence-corrected chi connectivity index (χ4v) is 1.92. The number of nitro benzene ring substituents is 1. The van der Waals surface area contributed by atoms with Crippen LogP contribution in [0.3, 0.4) is 0 Å². The van der Waals surface area contributed by atoms with E-state index >= 15 is 0 Å². The molecule has 0 saturated heterocycles. The Morgan fingerprint density at radius 2 is 1.88 bits per heavy atom. The monoisotopic (exact) mass is 350 g/mol. The van der Waals surface area contributed by atoms with Crippen LogP contribution in [0.4, 0.5) is 20.2 Å². The van der Waals surface area contributed by atoms with Crippen molar-refractivity contribution in [3.8, 4) is 0 Å². The van der Waals surface area contributed by atoms with Gasteiger partial charge >= 0.3 is 5.97 Å². The predicted molar refractivity (Wildman–Crippen MR) is 83.1 cm³/mol. The minimum Gasteiger partial charge on any atom is -0.452 e. The largest absolute Gasteiger partial charge is 0.452 e. The Hall–Kier alpha value is -3.36. The molecule has 0 aliphatic carbocycles. The minimum atomic E-state index is -1.22. The summed E-state index contributed by atoms with van der Waals surface area (Å²) < 4.78 is 30.5. The number of halogens is 2. The molecule has 25 heavy (non-hydrogen) atoms. The number of hydrogen-bond donors (Lipinski definition) is 1. The number of rotatable bonds is 5. The number of esters is 1. The van der Waals surface area contributed by atoms with Crippen LogP contribution >= 0.6 is 0 Å². The standard InChI is InChI=1S/C16H12F2N2O5/c1-9-2-4-11(7-14(9)20(23)24)19-15(21)8-25-16(22)10-3-5-12(17)13(18)6-10/h2-7H,8H2,1H3,(H,19,21). The van der Waals surface area contributed by atoms with Crippen molar-refractivity contribution in [2.75, 3.05) is 11.9 Å². The lowest BCUT2D eigenvalue weighted by Crippen LogP contribution is -2.21. The number of aryl methyl sites for hydroxylation is 1. The molecule has 0 radical (unpaired) electrons. The lowest BCUT2D eigenvalue weighted by molar-refractivity contribution is -0.385. The van der Waals surface area contributed by atoms with Crippen molar-refractivity contribution < 1.29 is 28.0 Å². The Labute approximate surface area is 140 Å². The van der Waals surface area contributed by atoms with Gasteiger partial charge in [-0.2, -0.15) is 0 Å². The molecule has 9 heteroatoms. The zero-order valence-electron chi connectivity index (χ0n) is 12.9.